The van der Waals surface area contributed by atoms with E-state index in [4.69, 9.17) is 14.2 Å². The molecule has 0 spiro atoms. The molecule has 3 aromatic rings. The molecule has 0 amide bonds. The van der Waals surface area contributed by atoms with E-state index in [-0.39, 0.29) is 11.3 Å². The quantitative estimate of drug-likeness (QED) is 0.351. The smallest absolute Gasteiger partial charge is 0.311 e. The molecule has 148 valence electrons. The number of fused-ring (bicyclic) bond motifs is 1. The number of methoxy groups -OCH3 is 1. The fourth-order valence-corrected chi connectivity index (χ4v) is 3.78. The first-order chi connectivity index (χ1) is 13.4. The third kappa shape index (κ3) is 4.59. The number of esters is 1. The second-order valence-corrected chi connectivity index (χ2v) is 7.16. The minimum Gasteiger partial charge on any atom is -0.493 e. The summed E-state index contributed by atoms with van der Waals surface area (Å²) in [4.78, 5) is 11.8. The van der Waals surface area contributed by atoms with Gasteiger partial charge in [-0.1, -0.05) is 18.2 Å². The lowest BCUT2D eigenvalue weighted by molar-refractivity contribution is -0.136. The maximum atomic E-state index is 14.7. The molecule has 28 heavy (non-hydrogen) atoms. The van der Waals surface area contributed by atoms with Gasteiger partial charge in [0.15, 0.2) is 11.5 Å². The summed E-state index contributed by atoms with van der Waals surface area (Å²) in [5.41, 5.74) is 0. The van der Waals surface area contributed by atoms with E-state index in [0.29, 0.717) is 33.9 Å². The Morgan fingerprint density at radius 3 is 2.54 bits per heavy atom. The van der Waals surface area contributed by atoms with Crippen LogP contribution < -0.4 is 14.2 Å². The Kier molecular flexibility index (Phi) is 6.14. The Labute approximate surface area is 165 Å². The van der Waals surface area contributed by atoms with Crippen molar-refractivity contribution < 1.29 is 27.8 Å². The molecule has 0 atom stereocenters. The van der Waals surface area contributed by atoms with Gasteiger partial charge in [-0.15, -0.1) is 11.3 Å². The summed E-state index contributed by atoms with van der Waals surface area (Å²) < 4.78 is 45.8. The highest BCUT2D eigenvalue weighted by Gasteiger charge is 2.34. The first-order valence-electron chi connectivity index (χ1n) is 8.81. The van der Waals surface area contributed by atoms with E-state index < -0.39 is 18.3 Å². The fourth-order valence-electron chi connectivity index (χ4n) is 2.71. The van der Waals surface area contributed by atoms with Crippen LogP contribution in [0, 0.1) is 0 Å². The highest BCUT2D eigenvalue weighted by molar-refractivity contribution is 7.19. The summed E-state index contributed by atoms with van der Waals surface area (Å²) in [5, 5.41) is 0.649. The molecule has 0 aliphatic heterocycles. The van der Waals surface area contributed by atoms with Crippen LogP contribution in [0.4, 0.5) is 8.78 Å². The van der Waals surface area contributed by atoms with Gasteiger partial charge < -0.3 is 14.2 Å². The van der Waals surface area contributed by atoms with Crippen LogP contribution in [0.15, 0.2) is 48.5 Å². The van der Waals surface area contributed by atoms with Crippen molar-refractivity contribution in [2.24, 2.45) is 0 Å². The molecule has 2 aromatic carbocycles. The Bertz CT molecular complexity index is 954. The molecule has 3 rings (SSSR count). The van der Waals surface area contributed by atoms with Crippen LogP contribution >= 0.6 is 11.3 Å². The maximum Gasteiger partial charge on any atom is 0.311 e. The number of thiophene rings is 1. The monoisotopic (exact) mass is 406 g/mol. The van der Waals surface area contributed by atoms with Gasteiger partial charge in [0, 0.05) is 17.2 Å². The van der Waals surface area contributed by atoms with Crippen molar-refractivity contribution in [3.8, 4) is 17.2 Å². The normalized spacial score (nSPS) is 11.4. The predicted octanol–water partition coefficient (Wildman–Crippen LogP) is 5.79. The van der Waals surface area contributed by atoms with Gasteiger partial charge in [0.2, 0.25) is 0 Å². The summed E-state index contributed by atoms with van der Waals surface area (Å²) in [6, 6.07) is 13.2. The highest BCUT2D eigenvalue weighted by atomic mass is 32.1. The van der Waals surface area contributed by atoms with Crippen LogP contribution in [-0.2, 0) is 10.7 Å². The minimum atomic E-state index is -3.14. The third-order valence-electron chi connectivity index (χ3n) is 4.08. The number of rotatable bonds is 8. The molecule has 0 aliphatic carbocycles. The van der Waals surface area contributed by atoms with Crippen molar-refractivity contribution >= 4 is 27.4 Å². The van der Waals surface area contributed by atoms with Crippen molar-refractivity contribution in [2.75, 3.05) is 13.7 Å². The number of hydrogen-bond acceptors (Lipinski definition) is 5. The van der Waals surface area contributed by atoms with Crippen molar-refractivity contribution in [1.82, 2.24) is 0 Å². The van der Waals surface area contributed by atoms with Gasteiger partial charge in [0.25, 0.3) is 5.92 Å². The van der Waals surface area contributed by atoms with E-state index in [2.05, 4.69) is 0 Å². The number of para-hydroxylation sites is 1. The van der Waals surface area contributed by atoms with Gasteiger partial charge in [-0.3, -0.25) is 4.79 Å². The predicted molar refractivity (Wildman–Crippen MR) is 105 cm³/mol. The Morgan fingerprint density at radius 2 is 1.86 bits per heavy atom. The van der Waals surface area contributed by atoms with Crippen molar-refractivity contribution in [2.45, 2.75) is 25.7 Å². The maximum absolute atomic E-state index is 14.7. The largest absolute Gasteiger partial charge is 0.493 e. The molecule has 0 N–H and O–H groups in total. The Hall–Kier alpha value is -2.67. The number of benzene rings is 2. The molecule has 1 heterocycles. The van der Waals surface area contributed by atoms with Gasteiger partial charge in [-0.25, -0.2) is 8.78 Å². The van der Waals surface area contributed by atoms with E-state index in [1.54, 1.807) is 42.5 Å². The standard InChI is InChI=1S/C21H20F2O4S/c1-3-26-17-11-14-12-19(28-18(14)13-16(17)25-2)21(22,23)10-9-20(24)27-15-7-5-4-6-8-15/h4-8,11-13H,3,9-10H2,1-2H3. The summed E-state index contributed by atoms with van der Waals surface area (Å²) >= 11 is 0.979. The average Bonchev–Trinajstić information content (AvgIpc) is 3.11. The van der Waals surface area contributed by atoms with Crippen molar-refractivity contribution in [3.63, 3.8) is 0 Å². The zero-order chi connectivity index (χ0) is 20.1. The highest BCUT2D eigenvalue weighted by Crippen LogP contribution is 2.43. The van der Waals surface area contributed by atoms with E-state index in [1.165, 1.54) is 13.2 Å². The van der Waals surface area contributed by atoms with Gasteiger partial charge >= 0.3 is 5.97 Å². The zero-order valence-corrected chi connectivity index (χ0v) is 16.4. The molecule has 0 radical (unpaired) electrons. The number of hydrogen-bond donors (Lipinski definition) is 0. The first kappa shape index (κ1) is 20.1. The minimum absolute atomic E-state index is 0.106. The van der Waals surface area contributed by atoms with Crippen LogP contribution in [-0.4, -0.2) is 19.7 Å². The van der Waals surface area contributed by atoms with Gasteiger partial charge in [-0.05, 0) is 36.6 Å². The molecule has 7 heteroatoms. The molecule has 0 unspecified atom stereocenters. The van der Waals surface area contributed by atoms with Crippen LogP contribution in [0.25, 0.3) is 10.1 Å². The molecule has 1 aromatic heterocycles. The van der Waals surface area contributed by atoms with Crippen LogP contribution in [0.5, 0.6) is 17.2 Å². The number of carbonyl (C=O) groups excluding carboxylic acids is 1. The lowest BCUT2D eigenvalue weighted by atomic mass is 10.1. The number of carbonyl (C=O) groups is 1. The average molecular weight is 406 g/mol. The molecule has 4 nitrogen and oxygen atoms in total. The molecule has 0 fully saturated rings. The third-order valence-corrected chi connectivity index (χ3v) is 5.29. The van der Waals surface area contributed by atoms with Gasteiger partial charge in [-0.2, -0.15) is 0 Å². The number of halogens is 2. The molecular weight excluding hydrogens is 386 g/mol. The zero-order valence-electron chi connectivity index (χ0n) is 15.5. The number of alkyl halides is 2. The lowest BCUT2D eigenvalue weighted by Crippen LogP contribution is -2.16. The molecule has 0 aliphatic rings. The van der Waals surface area contributed by atoms with E-state index >= 15 is 0 Å². The van der Waals surface area contributed by atoms with E-state index in [0.717, 1.165) is 11.3 Å². The molecule has 0 saturated heterocycles. The molecule has 0 saturated carbocycles. The van der Waals surface area contributed by atoms with Crippen molar-refractivity contribution in [3.05, 3.63) is 53.4 Å². The Morgan fingerprint density at radius 1 is 1.11 bits per heavy atom. The van der Waals surface area contributed by atoms with E-state index in [9.17, 15) is 13.6 Å². The summed E-state index contributed by atoms with van der Waals surface area (Å²) in [7, 11) is 1.51. The van der Waals surface area contributed by atoms with Crippen LogP contribution in [0.2, 0.25) is 0 Å². The lowest BCUT2D eigenvalue weighted by Gasteiger charge is -2.13. The topological polar surface area (TPSA) is 44.8 Å². The van der Waals surface area contributed by atoms with Crippen molar-refractivity contribution in [1.29, 1.82) is 0 Å². The SMILES string of the molecule is CCOc1cc2cc(C(F)(F)CCC(=O)Oc3ccccc3)sc2cc1OC. The summed E-state index contributed by atoms with van der Waals surface area (Å²) in [5.74, 6) is -2.48. The van der Waals surface area contributed by atoms with E-state index in [1.807, 2.05) is 6.92 Å². The summed E-state index contributed by atoms with van der Waals surface area (Å²) in [6.07, 6.45) is -1.01. The Balaban J connectivity index is 1.73. The summed E-state index contributed by atoms with van der Waals surface area (Å²) in [6.45, 7) is 2.28. The fraction of sp³-hybridized carbons (Fsp3) is 0.286. The number of ether oxygens (including phenoxy) is 3. The second kappa shape index (κ2) is 8.56. The van der Waals surface area contributed by atoms with Crippen LogP contribution in [0.3, 0.4) is 0 Å². The van der Waals surface area contributed by atoms with Gasteiger partial charge in [0.1, 0.15) is 5.75 Å². The molecular formula is C21H20F2O4S. The van der Waals surface area contributed by atoms with Crippen LogP contribution in [0.1, 0.15) is 24.6 Å². The second-order valence-electron chi connectivity index (χ2n) is 6.08. The first-order valence-corrected chi connectivity index (χ1v) is 9.63. The van der Waals surface area contributed by atoms with Gasteiger partial charge in [0.05, 0.1) is 25.0 Å². The molecule has 0 bridgehead atoms.